The summed E-state index contributed by atoms with van der Waals surface area (Å²) in [5.74, 6) is -2.53. The lowest BCUT2D eigenvalue weighted by molar-refractivity contribution is -0.161. The Morgan fingerprint density at radius 1 is 0.977 bits per heavy atom. The zero-order valence-corrected chi connectivity index (χ0v) is 25.3. The highest BCUT2D eigenvalue weighted by molar-refractivity contribution is 6.05. The van der Waals surface area contributed by atoms with Crippen molar-refractivity contribution in [2.24, 2.45) is 11.8 Å². The minimum atomic E-state index is -1.45. The first-order valence-corrected chi connectivity index (χ1v) is 15.5. The van der Waals surface area contributed by atoms with E-state index in [-0.39, 0.29) is 31.6 Å². The van der Waals surface area contributed by atoms with Gasteiger partial charge < -0.3 is 29.1 Å². The highest BCUT2D eigenvalue weighted by Gasteiger charge is 2.75. The molecular formula is C35H40N2O7. The number of rotatable bonds is 7. The molecule has 232 valence electrons. The van der Waals surface area contributed by atoms with E-state index in [1.807, 2.05) is 61.6 Å². The molecule has 0 bridgehead atoms. The predicted molar refractivity (Wildman–Crippen MR) is 164 cm³/mol. The quantitative estimate of drug-likeness (QED) is 0.380. The monoisotopic (exact) mass is 600 g/mol. The van der Waals surface area contributed by atoms with E-state index in [1.165, 1.54) is 4.90 Å². The highest BCUT2D eigenvalue weighted by Crippen LogP contribution is 2.58. The molecule has 2 aromatic carbocycles. The summed E-state index contributed by atoms with van der Waals surface area (Å²) in [4.78, 5) is 46.7. The van der Waals surface area contributed by atoms with Crippen LogP contribution in [0.2, 0.25) is 0 Å². The number of carbonyl (C=O) groups is 3. The molecule has 4 heterocycles. The summed E-state index contributed by atoms with van der Waals surface area (Å²) in [6.07, 6.45) is 10.8. The minimum absolute atomic E-state index is 0.244. The average Bonchev–Trinajstić information content (AvgIpc) is 3.41. The smallest absolute Gasteiger partial charge is 0.313 e. The summed E-state index contributed by atoms with van der Waals surface area (Å²) in [6, 6.07) is 14.9. The molecule has 2 amide bonds. The van der Waals surface area contributed by atoms with E-state index in [2.05, 4.69) is 0 Å². The molecule has 4 aliphatic heterocycles. The summed E-state index contributed by atoms with van der Waals surface area (Å²) in [6.45, 7) is 2.07. The molecule has 2 saturated heterocycles. The van der Waals surface area contributed by atoms with Gasteiger partial charge in [-0.3, -0.25) is 14.4 Å². The number of benzene rings is 2. The van der Waals surface area contributed by atoms with Crippen LogP contribution in [0.15, 0.2) is 78.9 Å². The van der Waals surface area contributed by atoms with Crippen molar-refractivity contribution in [2.45, 2.75) is 62.3 Å². The van der Waals surface area contributed by atoms with Crippen LogP contribution in [0.1, 0.15) is 38.2 Å². The Morgan fingerprint density at radius 3 is 2.45 bits per heavy atom. The van der Waals surface area contributed by atoms with Crippen molar-refractivity contribution >= 4 is 23.5 Å². The number of hydrogen-bond donors (Lipinski definition) is 1. The summed E-state index contributed by atoms with van der Waals surface area (Å²) < 4.78 is 18.2. The maximum absolute atomic E-state index is 14.8. The van der Waals surface area contributed by atoms with Crippen LogP contribution in [0.4, 0.5) is 5.69 Å². The lowest BCUT2D eigenvalue weighted by Gasteiger charge is -2.41. The number of carbonyl (C=O) groups excluding carboxylic acids is 3. The molecule has 6 rings (SSSR count). The molecule has 4 aliphatic rings. The molecule has 2 aromatic rings. The van der Waals surface area contributed by atoms with Crippen molar-refractivity contribution < 1.29 is 33.7 Å². The van der Waals surface area contributed by atoms with E-state index in [4.69, 9.17) is 14.2 Å². The van der Waals surface area contributed by atoms with Crippen molar-refractivity contribution in [2.75, 3.05) is 31.8 Å². The van der Waals surface area contributed by atoms with Crippen LogP contribution in [0.25, 0.3) is 0 Å². The zero-order chi connectivity index (χ0) is 30.9. The zero-order valence-electron chi connectivity index (χ0n) is 25.3. The third-order valence-corrected chi connectivity index (χ3v) is 9.62. The summed E-state index contributed by atoms with van der Waals surface area (Å²) >= 11 is 0. The van der Waals surface area contributed by atoms with Gasteiger partial charge in [0.1, 0.15) is 28.9 Å². The van der Waals surface area contributed by atoms with Crippen molar-refractivity contribution in [1.29, 1.82) is 0 Å². The molecule has 0 saturated carbocycles. The number of esters is 1. The number of nitrogens with zero attached hydrogens (tertiary/aromatic N) is 2. The fourth-order valence-corrected chi connectivity index (χ4v) is 7.50. The molecule has 6 atom stereocenters. The number of fused-ring (bicyclic) bond motifs is 2. The van der Waals surface area contributed by atoms with Crippen molar-refractivity contribution in [3.63, 3.8) is 0 Å². The van der Waals surface area contributed by atoms with Gasteiger partial charge in [0.15, 0.2) is 0 Å². The number of ether oxygens (including phenoxy) is 3. The van der Waals surface area contributed by atoms with Gasteiger partial charge in [-0.2, -0.15) is 0 Å². The van der Waals surface area contributed by atoms with Gasteiger partial charge in [0.2, 0.25) is 5.91 Å². The Hall–Kier alpha value is -3.95. The van der Waals surface area contributed by atoms with Gasteiger partial charge in [-0.05, 0) is 61.9 Å². The number of anilines is 1. The van der Waals surface area contributed by atoms with Crippen LogP contribution < -0.4 is 9.64 Å². The second-order valence-electron chi connectivity index (χ2n) is 12.0. The minimum Gasteiger partial charge on any atom is -0.497 e. The Kier molecular flexibility index (Phi) is 8.35. The molecule has 1 unspecified atom stereocenters. The van der Waals surface area contributed by atoms with Crippen molar-refractivity contribution in [3.8, 4) is 5.75 Å². The number of aliphatic hydroxyl groups excluding tert-OH is 1. The van der Waals surface area contributed by atoms with Gasteiger partial charge in [0, 0.05) is 12.2 Å². The predicted octanol–water partition coefficient (Wildman–Crippen LogP) is 3.85. The van der Waals surface area contributed by atoms with E-state index in [9.17, 15) is 19.5 Å². The molecule has 2 fully saturated rings. The van der Waals surface area contributed by atoms with E-state index >= 15 is 0 Å². The van der Waals surface area contributed by atoms with Crippen LogP contribution >= 0.6 is 0 Å². The first-order chi connectivity index (χ1) is 21.4. The molecular weight excluding hydrogens is 560 g/mol. The number of hydrogen-bond acceptors (Lipinski definition) is 7. The molecule has 1 spiro atoms. The SMILES string of the molecule is CC[C@@]12/C=C\CCCCOC(=O)[C@@H]1[C@H]1C(=O)N([C@@H](CO)Cc3ccccc3)C3C(=O)N(c4ccc(OC)cc4)CC=C[C@@]31O2. The second kappa shape index (κ2) is 12.2. The topological polar surface area (TPSA) is 106 Å². The average molecular weight is 601 g/mol. The Morgan fingerprint density at radius 2 is 1.75 bits per heavy atom. The summed E-state index contributed by atoms with van der Waals surface area (Å²) in [5.41, 5.74) is -1.03. The van der Waals surface area contributed by atoms with E-state index in [0.29, 0.717) is 24.3 Å². The van der Waals surface area contributed by atoms with Gasteiger partial charge in [0.25, 0.3) is 5.91 Å². The lowest BCUT2D eigenvalue weighted by atomic mass is 9.73. The number of likely N-dealkylation sites (tertiary alicyclic amines) is 1. The normalized spacial score (nSPS) is 31.4. The number of amides is 2. The first kappa shape index (κ1) is 30.1. The van der Waals surface area contributed by atoms with Crippen LogP contribution in [0.5, 0.6) is 5.75 Å². The van der Waals surface area contributed by atoms with Gasteiger partial charge in [-0.15, -0.1) is 0 Å². The fraction of sp³-hybridized carbons (Fsp3) is 0.457. The fourth-order valence-electron chi connectivity index (χ4n) is 7.50. The Labute approximate surface area is 258 Å². The summed E-state index contributed by atoms with van der Waals surface area (Å²) in [5, 5.41) is 10.8. The molecule has 0 radical (unpaired) electrons. The van der Waals surface area contributed by atoms with Gasteiger partial charge in [-0.25, -0.2) is 0 Å². The molecule has 9 heteroatoms. The maximum atomic E-state index is 14.8. The highest BCUT2D eigenvalue weighted by atomic mass is 16.6. The Balaban J connectivity index is 1.50. The largest absolute Gasteiger partial charge is 0.497 e. The van der Waals surface area contributed by atoms with Crippen LogP contribution in [0.3, 0.4) is 0 Å². The number of allylic oxidation sites excluding steroid dienone is 1. The van der Waals surface area contributed by atoms with Gasteiger partial charge in [-0.1, -0.05) is 61.6 Å². The second-order valence-corrected chi connectivity index (χ2v) is 12.0. The number of methoxy groups -OCH3 is 1. The van der Waals surface area contributed by atoms with Crippen LogP contribution in [-0.2, 0) is 30.3 Å². The van der Waals surface area contributed by atoms with Gasteiger partial charge >= 0.3 is 5.97 Å². The lowest BCUT2D eigenvalue weighted by Crippen LogP contribution is -2.59. The van der Waals surface area contributed by atoms with E-state index in [0.717, 1.165) is 24.8 Å². The maximum Gasteiger partial charge on any atom is 0.313 e. The van der Waals surface area contributed by atoms with E-state index < -0.39 is 41.1 Å². The molecule has 0 aromatic heterocycles. The standard InChI is InChI=1S/C35H40N2O7/c1-3-34-18-9-4-5-10-21-43-33(41)29(34)28-31(39)37(26(23-38)22-24-12-7-6-8-13-24)30-32(40)36(20-11-19-35(28,30)44-34)25-14-16-27(42-2)17-15-25/h6-9,11-19,26,28-30,38H,3-5,10,20-23H2,1-2H3/b18-9-/t26-,28+,29+,30?,34-,35+/m1/s1. The first-order valence-electron chi connectivity index (χ1n) is 15.5. The van der Waals surface area contributed by atoms with Gasteiger partial charge in [0.05, 0.1) is 32.3 Å². The third kappa shape index (κ3) is 4.92. The van der Waals surface area contributed by atoms with Crippen molar-refractivity contribution in [3.05, 3.63) is 84.5 Å². The molecule has 44 heavy (non-hydrogen) atoms. The molecule has 0 aliphatic carbocycles. The summed E-state index contributed by atoms with van der Waals surface area (Å²) in [7, 11) is 1.58. The third-order valence-electron chi connectivity index (χ3n) is 9.62. The number of aliphatic hydroxyl groups is 1. The van der Waals surface area contributed by atoms with Crippen molar-refractivity contribution in [1.82, 2.24) is 4.90 Å². The number of cyclic esters (lactones) is 1. The van der Waals surface area contributed by atoms with Crippen LogP contribution in [-0.4, -0.2) is 77.9 Å². The molecule has 9 nitrogen and oxygen atoms in total. The molecule has 1 N–H and O–H groups in total. The van der Waals surface area contributed by atoms with Crippen LogP contribution in [0, 0.1) is 11.8 Å². The Bertz CT molecular complexity index is 1440. The van der Waals surface area contributed by atoms with E-state index in [1.54, 1.807) is 36.3 Å².